The topological polar surface area (TPSA) is 30.7 Å². The zero-order valence-corrected chi connectivity index (χ0v) is 16.0. The highest BCUT2D eigenvalue weighted by atomic mass is 35.5. The number of hydrogen-bond acceptors (Lipinski definition) is 4. The molecule has 0 aliphatic rings. The van der Waals surface area contributed by atoms with Gasteiger partial charge in [0, 0.05) is 33.6 Å². The first kappa shape index (κ1) is 17.5. The van der Waals surface area contributed by atoms with E-state index in [1.165, 1.54) is 22.6 Å². The van der Waals surface area contributed by atoms with Crippen molar-refractivity contribution in [3.63, 3.8) is 0 Å². The maximum absolute atomic E-state index is 13.1. The van der Waals surface area contributed by atoms with Crippen molar-refractivity contribution in [2.75, 3.05) is 0 Å². The molecule has 126 valence electrons. The molecule has 0 aliphatic carbocycles. The zero-order valence-electron chi connectivity index (χ0n) is 13.6. The molecule has 0 unspecified atom stereocenters. The van der Waals surface area contributed by atoms with Crippen LogP contribution in [-0.4, -0.2) is 14.8 Å². The minimum absolute atomic E-state index is 0.324. The average molecular weight is 382 g/mol. The first-order chi connectivity index (χ1) is 11.5. The van der Waals surface area contributed by atoms with E-state index in [9.17, 15) is 4.39 Å². The molecule has 24 heavy (non-hydrogen) atoms. The monoisotopic (exact) mass is 381 g/mol. The molecule has 0 saturated carbocycles. The van der Waals surface area contributed by atoms with Gasteiger partial charge in [-0.15, -0.1) is 21.5 Å². The van der Waals surface area contributed by atoms with Gasteiger partial charge >= 0.3 is 0 Å². The second-order valence-electron chi connectivity index (χ2n) is 5.43. The van der Waals surface area contributed by atoms with Crippen LogP contribution in [0.15, 0.2) is 28.7 Å². The molecule has 0 saturated heterocycles. The summed E-state index contributed by atoms with van der Waals surface area (Å²) in [7, 11) is 1.97. The number of thioether (sulfide) groups is 1. The summed E-state index contributed by atoms with van der Waals surface area (Å²) in [6, 6.07) is 4.46. The van der Waals surface area contributed by atoms with Gasteiger partial charge in [-0.05, 0) is 36.6 Å². The van der Waals surface area contributed by atoms with Gasteiger partial charge in [0.1, 0.15) is 5.82 Å². The fraction of sp³-hybridized carbons (Fsp3) is 0.294. The van der Waals surface area contributed by atoms with E-state index in [0.29, 0.717) is 10.8 Å². The Balaban J connectivity index is 1.82. The third-order valence-corrected chi connectivity index (χ3v) is 6.28. The van der Waals surface area contributed by atoms with Gasteiger partial charge in [0.15, 0.2) is 11.0 Å². The van der Waals surface area contributed by atoms with E-state index in [2.05, 4.69) is 29.4 Å². The zero-order chi connectivity index (χ0) is 17.3. The van der Waals surface area contributed by atoms with E-state index in [0.717, 1.165) is 28.5 Å². The summed E-state index contributed by atoms with van der Waals surface area (Å²) >= 11 is 9.37. The van der Waals surface area contributed by atoms with Crippen molar-refractivity contribution in [1.82, 2.24) is 14.8 Å². The largest absolute Gasteiger partial charge is 0.305 e. The van der Waals surface area contributed by atoms with Crippen LogP contribution in [0.1, 0.15) is 22.9 Å². The summed E-state index contributed by atoms with van der Waals surface area (Å²) in [4.78, 5) is 1.32. The number of benzene rings is 1. The van der Waals surface area contributed by atoms with Crippen molar-refractivity contribution in [3.8, 4) is 11.4 Å². The minimum atomic E-state index is -0.324. The third kappa shape index (κ3) is 3.36. The molecule has 0 aliphatic heterocycles. The summed E-state index contributed by atoms with van der Waals surface area (Å²) in [5.74, 6) is 1.17. The van der Waals surface area contributed by atoms with E-state index < -0.39 is 0 Å². The molecule has 3 rings (SSSR count). The lowest BCUT2D eigenvalue weighted by atomic mass is 10.1. The van der Waals surface area contributed by atoms with Crippen molar-refractivity contribution < 1.29 is 4.39 Å². The standard InChI is InChI=1S/C17H17ClFN3S2/c1-4-13-10(2)23-9-14(13)16-20-21-17(22(16)3)24-8-11-5-6-12(19)7-15(11)18/h5-7,9H,4,8H2,1-3H3. The normalized spacial score (nSPS) is 11.2. The molecular formula is C17H17ClFN3S2. The molecule has 0 bridgehead atoms. The molecule has 7 heteroatoms. The molecule has 0 amide bonds. The SMILES string of the molecule is CCc1c(-c2nnc(SCc3ccc(F)cc3Cl)n2C)csc1C. The van der Waals surface area contributed by atoms with Gasteiger partial charge in [-0.3, -0.25) is 0 Å². The summed E-state index contributed by atoms with van der Waals surface area (Å²) in [6.45, 7) is 4.29. The van der Waals surface area contributed by atoms with Crippen LogP contribution in [0.4, 0.5) is 4.39 Å². The highest BCUT2D eigenvalue weighted by molar-refractivity contribution is 7.98. The van der Waals surface area contributed by atoms with Crippen LogP contribution >= 0.6 is 34.7 Å². The fourth-order valence-electron chi connectivity index (χ4n) is 2.56. The number of thiophene rings is 1. The van der Waals surface area contributed by atoms with Crippen LogP contribution in [0, 0.1) is 12.7 Å². The Morgan fingerprint density at radius 2 is 2.12 bits per heavy atom. The molecular weight excluding hydrogens is 365 g/mol. The molecule has 0 N–H and O–H groups in total. The maximum atomic E-state index is 13.1. The Labute approximate surface area is 153 Å². The van der Waals surface area contributed by atoms with Crippen LogP contribution in [0.3, 0.4) is 0 Å². The first-order valence-electron chi connectivity index (χ1n) is 7.54. The lowest BCUT2D eigenvalue weighted by Crippen LogP contribution is -1.96. The smallest absolute Gasteiger partial charge is 0.191 e. The molecule has 1 aromatic carbocycles. The molecule has 0 fully saturated rings. The van der Waals surface area contributed by atoms with Gasteiger partial charge in [-0.25, -0.2) is 4.39 Å². The Hall–Kier alpha value is -1.37. The quantitative estimate of drug-likeness (QED) is 0.547. The van der Waals surface area contributed by atoms with Crippen LogP contribution in [0.5, 0.6) is 0 Å². The van der Waals surface area contributed by atoms with Crippen molar-refractivity contribution in [2.45, 2.75) is 31.2 Å². The average Bonchev–Trinajstić information content (AvgIpc) is 3.09. The van der Waals surface area contributed by atoms with E-state index in [1.807, 2.05) is 11.6 Å². The number of nitrogens with zero attached hydrogens (tertiary/aromatic N) is 3. The number of hydrogen-bond donors (Lipinski definition) is 0. The van der Waals surface area contributed by atoms with Gasteiger partial charge in [-0.2, -0.15) is 0 Å². The molecule has 3 aromatic rings. The molecule has 2 heterocycles. The molecule has 3 nitrogen and oxygen atoms in total. The number of halogens is 2. The summed E-state index contributed by atoms with van der Waals surface area (Å²) in [5, 5.41) is 12.1. The van der Waals surface area contributed by atoms with Crippen LogP contribution in [0.2, 0.25) is 5.02 Å². The number of aryl methyl sites for hydroxylation is 1. The minimum Gasteiger partial charge on any atom is -0.305 e. The van der Waals surface area contributed by atoms with Gasteiger partial charge in [0.25, 0.3) is 0 Å². The highest BCUT2D eigenvalue weighted by Crippen LogP contribution is 2.33. The first-order valence-corrected chi connectivity index (χ1v) is 9.79. The van der Waals surface area contributed by atoms with Crippen molar-refractivity contribution >= 4 is 34.7 Å². The Morgan fingerprint density at radius 1 is 1.33 bits per heavy atom. The summed E-state index contributed by atoms with van der Waals surface area (Å²) < 4.78 is 15.1. The van der Waals surface area contributed by atoms with E-state index in [1.54, 1.807) is 29.2 Å². The van der Waals surface area contributed by atoms with E-state index in [-0.39, 0.29) is 5.82 Å². The predicted molar refractivity (Wildman–Crippen MR) is 99.4 cm³/mol. The Bertz CT molecular complexity index is 873. The molecule has 0 radical (unpaired) electrons. The Morgan fingerprint density at radius 3 is 2.83 bits per heavy atom. The lowest BCUT2D eigenvalue weighted by Gasteiger charge is -2.06. The second-order valence-corrected chi connectivity index (χ2v) is 7.86. The van der Waals surface area contributed by atoms with Crippen LogP contribution in [0.25, 0.3) is 11.4 Å². The van der Waals surface area contributed by atoms with Gasteiger partial charge in [0.05, 0.1) is 0 Å². The third-order valence-electron chi connectivity index (χ3n) is 3.90. The van der Waals surface area contributed by atoms with Gasteiger partial charge in [0.2, 0.25) is 0 Å². The summed E-state index contributed by atoms with van der Waals surface area (Å²) in [6.07, 6.45) is 0.977. The van der Waals surface area contributed by atoms with E-state index >= 15 is 0 Å². The van der Waals surface area contributed by atoms with Gasteiger partial charge in [-0.1, -0.05) is 36.4 Å². The highest BCUT2D eigenvalue weighted by Gasteiger charge is 2.17. The van der Waals surface area contributed by atoms with Crippen molar-refractivity contribution in [2.24, 2.45) is 7.05 Å². The molecule has 0 spiro atoms. The van der Waals surface area contributed by atoms with Crippen LogP contribution < -0.4 is 0 Å². The molecule has 2 aromatic heterocycles. The summed E-state index contributed by atoms with van der Waals surface area (Å²) in [5.41, 5.74) is 3.36. The second kappa shape index (κ2) is 7.25. The molecule has 0 atom stereocenters. The predicted octanol–water partition coefficient (Wildman–Crippen LogP) is 5.50. The van der Waals surface area contributed by atoms with E-state index in [4.69, 9.17) is 11.6 Å². The van der Waals surface area contributed by atoms with Crippen molar-refractivity contribution in [3.05, 3.63) is 50.4 Å². The fourth-order valence-corrected chi connectivity index (χ4v) is 4.73. The van der Waals surface area contributed by atoms with Gasteiger partial charge < -0.3 is 4.57 Å². The number of rotatable bonds is 5. The van der Waals surface area contributed by atoms with Crippen molar-refractivity contribution in [1.29, 1.82) is 0 Å². The van der Waals surface area contributed by atoms with Crippen LogP contribution in [-0.2, 0) is 19.2 Å². The number of aromatic nitrogens is 3. The maximum Gasteiger partial charge on any atom is 0.191 e. The lowest BCUT2D eigenvalue weighted by molar-refractivity contribution is 0.627. The Kier molecular flexibility index (Phi) is 5.27.